The van der Waals surface area contributed by atoms with Gasteiger partial charge in [-0.3, -0.25) is 4.57 Å². The minimum atomic E-state index is 0.815. The van der Waals surface area contributed by atoms with Crippen LogP contribution in [0.2, 0.25) is 0 Å². The molecule has 0 radical (unpaired) electrons. The summed E-state index contributed by atoms with van der Waals surface area (Å²) in [7, 11) is 0. The van der Waals surface area contributed by atoms with Crippen LogP contribution in [0.25, 0.3) is 116 Å². The van der Waals surface area contributed by atoms with E-state index in [0.29, 0.717) is 0 Å². The van der Waals surface area contributed by atoms with Crippen molar-refractivity contribution in [3.8, 4) is 28.5 Å². The number of hydrogen-bond acceptors (Lipinski definition) is 2. The molecule has 0 saturated heterocycles. The molecule has 5 heteroatoms. The minimum absolute atomic E-state index is 0.815. The highest BCUT2D eigenvalue weighted by molar-refractivity contribution is 6.29. The van der Waals surface area contributed by atoms with Crippen LogP contribution in [0.4, 0.5) is 0 Å². The monoisotopic (exact) mass is 751 g/mol. The van der Waals surface area contributed by atoms with Crippen LogP contribution < -0.4 is 0 Å². The van der Waals surface area contributed by atoms with Crippen LogP contribution in [0.3, 0.4) is 0 Å². The number of nitrogens with zero attached hydrogens (tertiary/aromatic N) is 5. The Morgan fingerprint density at radius 1 is 0.322 bits per heavy atom. The summed E-state index contributed by atoms with van der Waals surface area (Å²) in [4.78, 5) is 10.6. The molecule has 4 heterocycles. The van der Waals surface area contributed by atoms with Gasteiger partial charge in [-0.2, -0.15) is 0 Å². The summed E-state index contributed by atoms with van der Waals surface area (Å²) in [6.07, 6.45) is 0. The lowest BCUT2D eigenvalue weighted by atomic mass is 10.1. The number of para-hydroxylation sites is 5. The fourth-order valence-electron chi connectivity index (χ4n) is 9.72. The predicted molar refractivity (Wildman–Crippen MR) is 245 cm³/mol. The van der Waals surface area contributed by atoms with Crippen molar-refractivity contribution < 1.29 is 0 Å². The maximum absolute atomic E-state index is 5.34. The summed E-state index contributed by atoms with van der Waals surface area (Å²) in [6.45, 7) is 0. The number of aromatic nitrogens is 5. The SMILES string of the molecule is c1ccc(-c2nc3ccccc3nc2-n2c3ccccc3c3cc(-n4c5ccccc5c5c6c7ccccc7n(-c7cccc8ccccc78)c6ccc54)ccc32)cc1. The van der Waals surface area contributed by atoms with Gasteiger partial charge in [-0.05, 0) is 72.1 Å². The van der Waals surface area contributed by atoms with E-state index in [1.54, 1.807) is 0 Å². The van der Waals surface area contributed by atoms with Gasteiger partial charge in [0.1, 0.15) is 5.69 Å². The molecule has 13 rings (SSSR count). The number of rotatable bonds is 4. The van der Waals surface area contributed by atoms with Crippen LogP contribution in [0.15, 0.2) is 200 Å². The van der Waals surface area contributed by atoms with Crippen molar-refractivity contribution in [2.75, 3.05) is 0 Å². The second kappa shape index (κ2) is 12.2. The smallest absolute Gasteiger partial charge is 0.165 e. The third-order valence-electron chi connectivity index (χ3n) is 12.2. The molecule has 0 bridgehead atoms. The summed E-state index contributed by atoms with van der Waals surface area (Å²) in [5, 5.41) is 9.79. The molecule has 0 aliphatic carbocycles. The molecule has 9 aromatic carbocycles. The lowest BCUT2D eigenvalue weighted by Gasteiger charge is -2.14. The maximum Gasteiger partial charge on any atom is 0.165 e. The highest BCUT2D eigenvalue weighted by Crippen LogP contribution is 2.44. The third-order valence-corrected chi connectivity index (χ3v) is 12.2. The van der Waals surface area contributed by atoms with Gasteiger partial charge < -0.3 is 9.13 Å². The average Bonchev–Trinajstić information content (AvgIpc) is 3.94. The molecule has 0 aliphatic heterocycles. The molecule has 0 N–H and O–H groups in total. The van der Waals surface area contributed by atoms with Crippen molar-refractivity contribution in [3.05, 3.63) is 200 Å². The minimum Gasteiger partial charge on any atom is -0.309 e. The molecule has 0 unspecified atom stereocenters. The second-order valence-corrected chi connectivity index (χ2v) is 15.4. The predicted octanol–water partition coefficient (Wildman–Crippen LogP) is 13.7. The third kappa shape index (κ3) is 4.55. The first-order valence-electron chi connectivity index (χ1n) is 20.1. The van der Waals surface area contributed by atoms with Crippen LogP contribution in [0.1, 0.15) is 0 Å². The Morgan fingerprint density at radius 2 is 0.847 bits per heavy atom. The van der Waals surface area contributed by atoms with Crippen molar-refractivity contribution in [1.29, 1.82) is 0 Å². The van der Waals surface area contributed by atoms with Gasteiger partial charge >= 0.3 is 0 Å². The zero-order chi connectivity index (χ0) is 38.6. The molecule has 0 saturated carbocycles. The van der Waals surface area contributed by atoms with Gasteiger partial charge in [0.25, 0.3) is 0 Å². The molecule has 0 fully saturated rings. The Bertz CT molecular complexity index is 3840. The lowest BCUT2D eigenvalue weighted by molar-refractivity contribution is 1.08. The van der Waals surface area contributed by atoms with Crippen LogP contribution >= 0.6 is 0 Å². The Balaban J connectivity index is 1.10. The van der Waals surface area contributed by atoms with E-state index in [1.165, 1.54) is 65.5 Å². The average molecular weight is 752 g/mol. The van der Waals surface area contributed by atoms with Gasteiger partial charge in [0.05, 0.1) is 49.8 Å². The topological polar surface area (TPSA) is 40.6 Å². The number of fused-ring (bicyclic) bond motifs is 12. The highest BCUT2D eigenvalue weighted by Gasteiger charge is 2.23. The van der Waals surface area contributed by atoms with Crippen LogP contribution in [0.5, 0.6) is 0 Å². The maximum atomic E-state index is 5.34. The normalized spacial score (nSPS) is 12.1. The lowest BCUT2D eigenvalue weighted by Crippen LogP contribution is -2.03. The fourth-order valence-corrected chi connectivity index (χ4v) is 9.72. The molecule has 59 heavy (non-hydrogen) atoms. The second-order valence-electron chi connectivity index (χ2n) is 15.4. The summed E-state index contributed by atoms with van der Waals surface area (Å²) >= 11 is 0. The summed E-state index contributed by atoms with van der Waals surface area (Å²) in [6, 6.07) is 71.8. The standard InChI is InChI=1S/C54H33N5/c1-2-16-35(17-3-1)53-54(56-43-24-10-9-23-42(43)55-53)59-45-25-11-6-20-38(45)41-33-36(29-30-48(41)59)57-46-26-12-7-21-39(46)51-49(57)31-32-50-52(51)40-22-8-13-27-47(40)58(50)44-28-14-18-34-15-4-5-19-37(34)44/h1-33H. The molecule has 0 atom stereocenters. The van der Waals surface area contributed by atoms with Crippen molar-refractivity contribution >= 4 is 87.2 Å². The van der Waals surface area contributed by atoms with E-state index in [2.05, 4.69) is 184 Å². The first-order chi connectivity index (χ1) is 29.3. The molecule has 0 aliphatic rings. The van der Waals surface area contributed by atoms with E-state index >= 15 is 0 Å². The van der Waals surface area contributed by atoms with Gasteiger partial charge in [0.2, 0.25) is 0 Å². The van der Waals surface area contributed by atoms with Crippen LogP contribution in [-0.2, 0) is 0 Å². The van der Waals surface area contributed by atoms with Crippen LogP contribution in [-0.4, -0.2) is 23.7 Å². The van der Waals surface area contributed by atoms with Crippen molar-refractivity contribution in [2.24, 2.45) is 0 Å². The first kappa shape index (κ1) is 32.1. The van der Waals surface area contributed by atoms with Gasteiger partial charge in [-0.25, -0.2) is 9.97 Å². The molecule has 0 amide bonds. The van der Waals surface area contributed by atoms with Gasteiger partial charge in [0, 0.05) is 49.0 Å². The van der Waals surface area contributed by atoms with E-state index in [-0.39, 0.29) is 0 Å². The van der Waals surface area contributed by atoms with E-state index in [9.17, 15) is 0 Å². The van der Waals surface area contributed by atoms with Gasteiger partial charge in [0.15, 0.2) is 5.82 Å². The fraction of sp³-hybridized carbons (Fsp3) is 0. The van der Waals surface area contributed by atoms with Crippen molar-refractivity contribution in [2.45, 2.75) is 0 Å². The van der Waals surface area contributed by atoms with Crippen molar-refractivity contribution in [3.63, 3.8) is 0 Å². The zero-order valence-corrected chi connectivity index (χ0v) is 31.8. The molecule has 13 aromatic rings. The molecular formula is C54H33N5. The number of benzene rings is 9. The molecular weight excluding hydrogens is 719 g/mol. The highest BCUT2D eigenvalue weighted by atomic mass is 15.1. The summed E-state index contributed by atoms with van der Waals surface area (Å²) in [5.41, 5.74) is 12.8. The Kier molecular flexibility index (Phi) is 6.66. The summed E-state index contributed by atoms with van der Waals surface area (Å²) < 4.78 is 7.21. The van der Waals surface area contributed by atoms with Crippen LogP contribution in [0, 0.1) is 0 Å². The van der Waals surface area contributed by atoms with E-state index in [0.717, 1.165) is 50.2 Å². The molecule has 5 nitrogen and oxygen atoms in total. The zero-order valence-electron chi connectivity index (χ0n) is 31.8. The first-order valence-corrected chi connectivity index (χ1v) is 20.1. The Labute approximate surface area is 338 Å². The van der Waals surface area contributed by atoms with Crippen molar-refractivity contribution in [1.82, 2.24) is 23.7 Å². The largest absolute Gasteiger partial charge is 0.309 e. The summed E-state index contributed by atoms with van der Waals surface area (Å²) in [5.74, 6) is 0.815. The quantitative estimate of drug-likeness (QED) is 0.180. The van der Waals surface area contributed by atoms with Gasteiger partial charge in [-0.1, -0.05) is 133 Å². The van der Waals surface area contributed by atoms with E-state index in [4.69, 9.17) is 9.97 Å². The molecule has 4 aromatic heterocycles. The molecule has 0 spiro atoms. The number of hydrogen-bond donors (Lipinski definition) is 0. The van der Waals surface area contributed by atoms with E-state index < -0.39 is 0 Å². The Morgan fingerprint density at radius 3 is 1.59 bits per heavy atom. The molecule has 274 valence electrons. The van der Waals surface area contributed by atoms with E-state index in [1.807, 2.05) is 30.3 Å². The Hall–Kier alpha value is -8.02. The van der Waals surface area contributed by atoms with Gasteiger partial charge in [-0.15, -0.1) is 0 Å².